The smallest absolute Gasteiger partial charge is 0.311 e. The van der Waals surface area contributed by atoms with Gasteiger partial charge in [0.1, 0.15) is 18.2 Å². The molecule has 6 nitrogen and oxygen atoms in total. The molecular weight excluding hydrogens is 433 g/mol. The van der Waals surface area contributed by atoms with Crippen molar-refractivity contribution in [3.8, 4) is 5.75 Å². The molecule has 0 saturated heterocycles. The number of benzene rings is 2. The molecule has 1 atom stereocenters. The number of nitrogens with one attached hydrogen (secondary N) is 1. The zero-order valence-electron chi connectivity index (χ0n) is 15.5. The fourth-order valence-electron chi connectivity index (χ4n) is 2.89. The molecule has 0 aliphatic rings. The number of nitrogens with two attached hydrogens (primary N) is 2. The molecule has 1 aromatic heterocycles. The summed E-state index contributed by atoms with van der Waals surface area (Å²) >= 11 is 1.56. The Hall–Kier alpha value is -2.32. The first-order chi connectivity index (χ1) is 13.0. The number of aliphatic carboxylic acids is 1. The second-order valence-electron chi connectivity index (χ2n) is 6.18. The van der Waals surface area contributed by atoms with Crippen LogP contribution in [0.25, 0.3) is 10.1 Å². The fraction of sp³-hybridized carbons (Fsp3) is 0.200. The van der Waals surface area contributed by atoms with Crippen LogP contribution in [-0.4, -0.2) is 30.1 Å². The third kappa shape index (κ3) is 6.08. The topological polar surface area (TPSA) is 122 Å². The number of halogens is 2. The van der Waals surface area contributed by atoms with Gasteiger partial charge in [0.15, 0.2) is 0 Å². The highest BCUT2D eigenvalue weighted by Gasteiger charge is 2.21. The van der Waals surface area contributed by atoms with Crippen molar-refractivity contribution in [2.75, 3.05) is 13.2 Å². The number of hydrogen-bond donors (Lipinski definition) is 4. The molecule has 9 heteroatoms. The Labute approximate surface area is 185 Å². The van der Waals surface area contributed by atoms with Crippen molar-refractivity contribution in [3.05, 3.63) is 64.5 Å². The van der Waals surface area contributed by atoms with Gasteiger partial charge in [-0.25, -0.2) is 0 Å². The zero-order chi connectivity index (χ0) is 19.4. The average Bonchev–Trinajstić information content (AvgIpc) is 3.06. The van der Waals surface area contributed by atoms with Gasteiger partial charge in [-0.15, -0.1) is 36.2 Å². The van der Waals surface area contributed by atoms with E-state index in [0.717, 1.165) is 20.5 Å². The van der Waals surface area contributed by atoms with E-state index in [2.05, 4.69) is 0 Å². The molecule has 156 valence electrons. The van der Waals surface area contributed by atoms with E-state index in [1.807, 2.05) is 18.2 Å². The minimum absolute atomic E-state index is 0. The minimum atomic E-state index is -0.868. The summed E-state index contributed by atoms with van der Waals surface area (Å²) in [5.41, 5.74) is 12.3. The second kappa shape index (κ2) is 11.0. The maximum absolute atomic E-state index is 11.8. The molecule has 0 aliphatic heterocycles. The average molecular weight is 456 g/mol. The molecule has 0 radical (unpaired) electrons. The summed E-state index contributed by atoms with van der Waals surface area (Å²) in [6.07, 6.45) is 0.396. The third-order valence-electron chi connectivity index (χ3n) is 4.25. The SMILES string of the molecule is Cl.Cl.N=C(N)c1ccc2sc(CC(C(=O)O)c3ccc(OCCN)cc3)cc2c1. The van der Waals surface area contributed by atoms with Crippen LogP contribution in [0.4, 0.5) is 0 Å². The van der Waals surface area contributed by atoms with E-state index in [0.29, 0.717) is 30.9 Å². The van der Waals surface area contributed by atoms with Gasteiger partial charge >= 0.3 is 5.97 Å². The first-order valence-corrected chi connectivity index (χ1v) is 9.32. The van der Waals surface area contributed by atoms with Crippen LogP contribution < -0.4 is 16.2 Å². The van der Waals surface area contributed by atoms with Crippen LogP contribution in [0.15, 0.2) is 48.5 Å². The van der Waals surface area contributed by atoms with Crippen molar-refractivity contribution in [2.45, 2.75) is 12.3 Å². The third-order valence-corrected chi connectivity index (χ3v) is 5.39. The van der Waals surface area contributed by atoms with Crippen molar-refractivity contribution < 1.29 is 14.6 Å². The summed E-state index contributed by atoms with van der Waals surface area (Å²) in [4.78, 5) is 12.8. The maximum atomic E-state index is 11.8. The van der Waals surface area contributed by atoms with Crippen molar-refractivity contribution in [1.29, 1.82) is 5.41 Å². The number of carboxylic acids is 1. The van der Waals surface area contributed by atoms with E-state index in [9.17, 15) is 9.90 Å². The molecule has 0 spiro atoms. The lowest BCUT2D eigenvalue weighted by Gasteiger charge is -2.13. The molecule has 3 aromatic rings. The van der Waals surface area contributed by atoms with E-state index < -0.39 is 11.9 Å². The molecule has 0 aliphatic carbocycles. The molecule has 0 amide bonds. The number of amidine groups is 1. The Kier molecular flexibility index (Phi) is 9.39. The lowest BCUT2D eigenvalue weighted by atomic mass is 9.95. The number of nitrogen functional groups attached to an aromatic ring is 1. The Balaban J connectivity index is 0.00000210. The van der Waals surface area contributed by atoms with Crippen molar-refractivity contribution >= 4 is 58.0 Å². The zero-order valence-corrected chi connectivity index (χ0v) is 17.9. The lowest BCUT2D eigenvalue weighted by Crippen LogP contribution is -2.14. The number of hydrogen-bond acceptors (Lipinski definition) is 5. The Morgan fingerprint density at radius 1 is 1.14 bits per heavy atom. The molecular formula is C20H23Cl2N3O3S. The largest absolute Gasteiger partial charge is 0.492 e. The van der Waals surface area contributed by atoms with Crippen LogP contribution in [0.1, 0.15) is 21.9 Å². The quantitative estimate of drug-likeness (QED) is 0.304. The number of carboxylic acid groups (broad SMARTS) is 1. The summed E-state index contributed by atoms with van der Waals surface area (Å²) in [5, 5.41) is 18.2. The van der Waals surface area contributed by atoms with E-state index in [-0.39, 0.29) is 30.6 Å². The summed E-state index contributed by atoms with van der Waals surface area (Å²) in [5.74, 6) is -0.821. The first-order valence-electron chi connectivity index (χ1n) is 8.50. The van der Waals surface area contributed by atoms with Gasteiger partial charge in [0.2, 0.25) is 0 Å². The summed E-state index contributed by atoms with van der Waals surface area (Å²) in [6.45, 7) is 0.850. The number of carbonyl (C=O) groups is 1. The van der Waals surface area contributed by atoms with Gasteiger partial charge in [-0.3, -0.25) is 10.2 Å². The molecule has 3 rings (SSSR count). The molecule has 1 heterocycles. The Morgan fingerprint density at radius 2 is 1.83 bits per heavy atom. The molecule has 0 saturated carbocycles. The number of ether oxygens (including phenoxy) is 1. The Morgan fingerprint density at radius 3 is 2.41 bits per heavy atom. The number of fused-ring (bicyclic) bond motifs is 1. The van der Waals surface area contributed by atoms with E-state index in [4.69, 9.17) is 21.6 Å². The molecule has 0 fully saturated rings. The Bertz CT molecular complexity index is 977. The van der Waals surface area contributed by atoms with Crippen LogP contribution >= 0.6 is 36.2 Å². The first kappa shape index (κ1) is 24.7. The monoisotopic (exact) mass is 455 g/mol. The number of thiophene rings is 1. The summed E-state index contributed by atoms with van der Waals surface area (Å²) < 4.78 is 6.49. The highest BCUT2D eigenvalue weighted by Crippen LogP contribution is 2.31. The summed E-state index contributed by atoms with van der Waals surface area (Å²) in [7, 11) is 0. The second-order valence-corrected chi connectivity index (χ2v) is 7.35. The van der Waals surface area contributed by atoms with Crippen molar-refractivity contribution in [1.82, 2.24) is 0 Å². The van der Waals surface area contributed by atoms with Crippen LogP contribution in [0.2, 0.25) is 0 Å². The van der Waals surface area contributed by atoms with Gasteiger partial charge in [0.25, 0.3) is 0 Å². The highest BCUT2D eigenvalue weighted by molar-refractivity contribution is 7.19. The standard InChI is InChI=1S/C20H21N3O3S.2ClH/c21-7-8-26-15-4-1-12(2-5-15)17(20(24)25)11-16-10-14-9-13(19(22)23)3-6-18(14)27-16;;/h1-6,9-10,17H,7-8,11,21H2,(H3,22,23)(H,24,25);2*1H. The van der Waals surface area contributed by atoms with E-state index >= 15 is 0 Å². The molecule has 29 heavy (non-hydrogen) atoms. The van der Waals surface area contributed by atoms with Gasteiger partial charge in [0, 0.05) is 21.7 Å². The van der Waals surface area contributed by atoms with E-state index in [1.165, 1.54) is 0 Å². The fourth-order valence-corrected chi connectivity index (χ4v) is 3.98. The molecule has 1 unspecified atom stereocenters. The molecule has 6 N–H and O–H groups in total. The van der Waals surface area contributed by atoms with Crippen molar-refractivity contribution in [2.24, 2.45) is 11.5 Å². The van der Waals surface area contributed by atoms with Crippen molar-refractivity contribution in [3.63, 3.8) is 0 Å². The van der Waals surface area contributed by atoms with Gasteiger partial charge in [-0.1, -0.05) is 12.1 Å². The normalized spacial score (nSPS) is 11.2. The predicted molar refractivity (Wildman–Crippen MR) is 122 cm³/mol. The van der Waals surface area contributed by atoms with Gasteiger partial charge in [-0.2, -0.15) is 0 Å². The van der Waals surface area contributed by atoms with Gasteiger partial charge < -0.3 is 21.3 Å². The van der Waals surface area contributed by atoms with Crippen LogP contribution in [-0.2, 0) is 11.2 Å². The van der Waals surface area contributed by atoms with Crippen LogP contribution in [0.3, 0.4) is 0 Å². The molecule has 0 bridgehead atoms. The predicted octanol–water partition coefficient (Wildman–Crippen LogP) is 3.78. The van der Waals surface area contributed by atoms with Crippen LogP contribution in [0, 0.1) is 5.41 Å². The molecule has 2 aromatic carbocycles. The highest BCUT2D eigenvalue weighted by atomic mass is 35.5. The minimum Gasteiger partial charge on any atom is -0.492 e. The number of rotatable bonds is 8. The summed E-state index contributed by atoms with van der Waals surface area (Å²) in [6, 6.07) is 14.7. The van der Waals surface area contributed by atoms with Gasteiger partial charge in [-0.05, 0) is 53.8 Å². The maximum Gasteiger partial charge on any atom is 0.311 e. The lowest BCUT2D eigenvalue weighted by molar-refractivity contribution is -0.138. The van der Waals surface area contributed by atoms with E-state index in [1.54, 1.807) is 41.7 Å². The van der Waals surface area contributed by atoms with Crippen LogP contribution in [0.5, 0.6) is 5.75 Å². The van der Waals surface area contributed by atoms with Gasteiger partial charge in [0.05, 0.1) is 5.92 Å².